The molecule has 4 rings (SSSR count). The standard InChI is InChI=1S/C18H23N5O2/c1-2-6-14(24)21-17-19-10-12-9-13-16(25)20-11-18(7-4-3-5-8-18)23(13)15(12)22-17/h9-10H,2-8,11H2,1H3,(H,20,25)(H,19,21,22,24). The number of amides is 2. The first-order valence-corrected chi connectivity index (χ1v) is 9.10. The van der Waals surface area contributed by atoms with Crippen LogP contribution in [-0.2, 0) is 10.3 Å². The summed E-state index contributed by atoms with van der Waals surface area (Å²) in [6, 6.07) is 1.86. The van der Waals surface area contributed by atoms with Gasteiger partial charge >= 0.3 is 0 Å². The van der Waals surface area contributed by atoms with Crippen LogP contribution in [0.5, 0.6) is 0 Å². The number of anilines is 1. The predicted molar refractivity (Wildman–Crippen MR) is 94.5 cm³/mol. The van der Waals surface area contributed by atoms with E-state index in [1.807, 2.05) is 13.0 Å². The van der Waals surface area contributed by atoms with Gasteiger partial charge < -0.3 is 9.88 Å². The van der Waals surface area contributed by atoms with Crippen molar-refractivity contribution in [2.75, 3.05) is 11.9 Å². The van der Waals surface area contributed by atoms with Crippen molar-refractivity contribution >= 4 is 28.8 Å². The average molecular weight is 341 g/mol. The van der Waals surface area contributed by atoms with E-state index in [9.17, 15) is 9.59 Å². The SMILES string of the molecule is CCCC(=O)Nc1ncc2cc3n(c2n1)C1(CCCCC1)CNC3=O. The van der Waals surface area contributed by atoms with Gasteiger partial charge in [-0.05, 0) is 25.3 Å². The third-order valence-electron chi connectivity index (χ3n) is 5.34. The molecule has 7 heteroatoms. The average Bonchev–Trinajstić information content (AvgIpc) is 3.00. The van der Waals surface area contributed by atoms with E-state index in [0.29, 0.717) is 24.6 Å². The van der Waals surface area contributed by atoms with Crippen LogP contribution in [0.2, 0.25) is 0 Å². The van der Waals surface area contributed by atoms with Gasteiger partial charge in [0.05, 0.1) is 5.54 Å². The van der Waals surface area contributed by atoms with E-state index < -0.39 is 0 Å². The van der Waals surface area contributed by atoms with Crippen LogP contribution in [-0.4, -0.2) is 32.9 Å². The summed E-state index contributed by atoms with van der Waals surface area (Å²) in [6.45, 7) is 2.60. The lowest BCUT2D eigenvalue weighted by Gasteiger charge is -2.42. The van der Waals surface area contributed by atoms with Crippen LogP contribution in [0.25, 0.3) is 11.0 Å². The zero-order valence-corrected chi connectivity index (χ0v) is 14.5. The number of fused-ring (bicyclic) bond motifs is 4. The summed E-state index contributed by atoms with van der Waals surface area (Å²) in [5.41, 5.74) is 1.28. The number of aromatic nitrogens is 3. The molecule has 2 aliphatic rings. The van der Waals surface area contributed by atoms with Crippen molar-refractivity contribution < 1.29 is 9.59 Å². The Bertz CT molecular complexity index is 835. The fraction of sp³-hybridized carbons (Fsp3) is 0.556. The molecule has 0 saturated heterocycles. The first kappa shape index (κ1) is 16.1. The van der Waals surface area contributed by atoms with Gasteiger partial charge in [-0.15, -0.1) is 0 Å². The monoisotopic (exact) mass is 341 g/mol. The molecule has 1 aliphatic carbocycles. The van der Waals surface area contributed by atoms with Gasteiger partial charge in [0, 0.05) is 24.5 Å². The molecule has 2 amide bonds. The number of nitrogens with one attached hydrogen (secondary N) is 2. The molecule has 1 saturated carbocycles. The van der Waals surface area contributed by atoms with Gasteiger partial charge in [-0.25, -0.2) is 4.98 Å². The Labute approximate surface area is 146 Å². The Balaban J connectivity index is 1.81. The van der Waals surface area contributed by atoms with Crippen LogP contribution in [0.1, 0.15) is 62.4 Å². The Morgan fingerprint density at radius 2 is 2.16 bits per heavy atom. The highest BCUT2D eigenvalue weighted by atomic mass is 16.2. The maximum Gasteiger partial charge on any atom is 0.268 e. The molecule has 1 aliphatic heterocycles. The zero-order valence-electron chi connectivity index (χ0n) is 14.5. The first-order chi connectivity index (χ1) is 12.1. The number of hydrogen-bond donors (Lipinski definition) is 2. The van der Waals surface area contributed by atoms with Crippen molar-refractivity contribution in [3.63, 3.8) is 0 Å². The minimum atomic E-state index is -0.109. The second kappa shape index (κ2) is 6.13. The van der Waals surface area contributed by atoms with E-state index in [4.69, 9.17) is 0 Å². The second-order valence-corrected chi connectivity index (χ2v) is 7.10. The second-order valence-electron chi connectivity index (χ2n) is 7.10. The van der Waals surface area contributed by atoms with E-state index in [1.54, 1.807) is 6.20 Å². The fourth-order valence-electron chi connectivity index (χ4n) is 4.14. The van der Waals surface area contributed by atoms with E-state index >= 15 is 0 Å². The summed E-state index contributed by atoms with van der Waals surface area (Å²) < 4.78 is 2.11. The van der Waals surface area contributed by atoms with Crippen molar-refractivity contribution in [3.8, 4) is 0 Å². The molecule has 7 nitrogen and oxygen atoms in total. The lowest BCUT2D eigenvalue weighted by molar-refractivity contribution is -0.116. The minimum Gasteiger partial charge on any atom is -0.348 e. The molecule has 0 bridgehead atoms. The number of rotatable bonds is 3. The predicted octanol–water partition coefficient (Wildman–Crippen LogP) is 2.57. The largest absolute Gasteiger partial charge is 0.348 e. The highest BCUT2D eigenvalue weighted by molar-refractivity contribution is 5.99. The van der Waals surface area contributed by atoms with E-state index in [0.717, 1.165) is 43.1 Å². The molecule has 1 spiro atoms. The summed E-state index contributed by atoms with van der Waals surface area (Å²) in [5.74, 6) is 0.159. The van der Waals surface area contributed by atoms with Crippen LogP contribution < -0.4 is 10.6 Å². The van der Waals surface area contributed by atoms with Gasteiger partial charge in [0.15, 0.2) is 0 Å². The molecular formula is C18H23N5O2. The Hall–Kier alpha value is -2.44. The van der Waals surface area contributed by atoms with E-state index in [-0.39, 0.29) is 17.4 Å². The molecule has 0 atom stereocenters. The Morgan fingerprint density at radius 1 is 1.36 bits per heavy atom. The van der Waals surface area contributed by atoms with E-state index in [1.165, 1.54) is 6.42 Å². The van der Waals surface area contributed by atoms with Gasteiger partial charge in [-0.1, -0.05) is 26.2 Å². The Morgan fingerprint density at radius 3 is 2.92 bits per heavy atom. The summed E-state index contributed by atoms with van der Waals surface area (Å²) in [4.78, 5) is 33.1. The van der Waals surface area contributed by atoms with Crippen LogP contribution >= 0.6 is 0 Å². The highest BCUT2D eigenvalue weighted by Gasteiger charge is 2.41. The van der Waals surface area contributed by atoms with Gasteiger partial charge in [-0.2, -0.15) is 4.98 Å². The lowest BCUT2D eigenvalue weighted by Crippen LogP contribution is -2.52. The summed E-state index contributed by atoms with van der Waals surface area (Å²) in [7, 11) is 0. The molecule has 132 valence electrons. The van der Waals surface area contributed by atoms with Crippen molar-refractivity contribution in [1.82, 2.24) is 19.9 Å². The van der Waals surface area contributed by atoms with Crippen molar-refractivity contribution in [3.05, 3.63) is 18.0 Å². The molecule has 0 aromatic carbocycles. The quantitative estimate of drug-likeness (QED) is 0.898. The topological polar surface area (TPSA) is 88.9 Å². The fourth-order valence-corrected chi connectivity index (χ4v) is 4.14. The molecule has 0 unspecified atom stereocenters. The highest BCUT2D eigenvalue weighted by Crippen LogP contribution is 2.40. The van der Waals surface area contributed by atoms with Crippen LogP contribution in [0.3, 0.4) is 0 Å². The number of carbonyl (C=O) groups is 2. The smallest absolute Gasteiger partial charge is 0.268 e. The normalized spacial score (nSPS) is 18.8. The number of nitrogens with zero attached hydrogens (tertiary/aromatic N) is 3. The van der Waals surface area contributed by atoms with Gasteiger partial charge in [0.1, 0.15) is 11.3 Å². The molecule has 1 fully saturated rings. The van der Waals surface area contributed by atoms with Crippen molar-refractivity contribution in [1.29, 1.82) is 0 Å². The maximum absolute atomic E-state index is 12.4. The molecule has 2 aromatic rings. The van der Waals surface area contributed by atoms with Crippen LogP contribution in [0, 0.1) is 0 Å². The van der Waals surface area contributed by atoms with E-state index in [2.05, 4.69) is 25.2 Å². The molecular weight excluding hydrogens is 318 g/mol. The number of carbonyl (C=O) groups excluding carboxylic acids is 2. The van der Waals surface area contributed by atoms with Gasteiger partial charge in [0.2, 0.25) is 11.9 Å². The van der Waals surface area contributed by atoms with Crippen LogP contribution in [0.15, 0.2) is 12.3 Å². The summed E-state index contributed by atoms with van der Waals surface area (Å²) in [6.07, 6.45) is 8.52. The van der Waals surface area contributed by atoms with Gasteiger partial charge in [0.25, 0.3) is 5.91 Å². The first-order valence-electron chi connectivity index (χ1n) is 9.10. The number of hydrogen-bond acceptors (Lipinski definition) is 4. The van der Waals surface area contributed by atoms with Crippen LogP contribution in [0.4, 0.5) is 5.95 Å². The third-order valence-corrected chi connectivity index (χ3v) is 5.34. The summed E-state index contributed by atoms with van der Waals surface area (Å²) >= 11 is 0. The Kier molecular flexibility index (Phi) is 3.94. The summed E-state index contributed by atoms with van der Waals surface area (Å²) in [5, 5.41) is 6.64. The molecule has 25 heavy (non-hydrogen) atoms. The van der Waals surface area contributed by atoms with Crippen molar-refractivity contribution in [2.45, 2.75) is 57.4 Å². The molecule has 2 aromatic heterocycles. The maximum atomic E-state index is 12.4. The van der Waals surface area contributed by atoms with Gasteiger partial charge in [-0.3, -0.25) is 14.9 Å². The van der Waals surface area contributed by atoms with Crippen molar-refractivity contribution in [2.24, 2.45) is 0 Å². The molecule has 0 radical (unpaired) electrons. The molecule has 2 N–H and O–H groups in total. The minimum absolute atomic E-state index is 0.0641. The third kappa shape index (κ3) is 2.67. The lowest BCUT2D eigenvalue weighted by atomic mass is 9.80. The zero-order chi connectivity index (χ0) is 17.4. The molecule has 3 heterocycles.